The highest BCUT2D eigenvalue weighted by atomic mass is 16.5. The number of pyridine rings is 1. The Balaban J connectivity index is 2.86. The van der Waals surface area contributed by atoms with Crippen molar-refractivity contribution in [1.82, 2.24) is 4.98 Å². The number of H-pyrrole nitrogens is 1. The van der Waals surface area contributed by atoms with E-state index in [1.807, 2.05) is 20.8 Å². The van der Waals surface area contributed by atoms with E-state index in [-0.39, 0.29) is 5.56 Å². The number of aromatic nitrogens is 1. The van der Waals surface area contributed by atoms with Crippen LogP contribution in [0.2, 0.25) is 0 Å². The van der Waals surface area contributed by atoms with E-state index in [2.05, 4.69) is 4.98 Å². The third-order valence-electron chi connectivity index (χ3n) is 2.85. The first-order valence-electron chi connectivity index (χ1n) is 6.30. The molecule has 0 aliphatic heterocycles. The van der Waals surface area contributed by atoms with E-state index in [0.29, 0.717) is 35.9 Å². The van der Waals surface area contributed by atoms with Gasteiger partial charge < -0.3 is 20.2 Å². The summed E-state index contributed by atoms with van der Waals surface area (Å²) in [6.07, 6.45) is 0. The van der Waals surface area contributed by atoms with Crippen molar-refractivity contribution < 1.29 is 9.47 Å². The average molecular weight is 262 g/mol. The maximum atomic E-state index is 11.6. The summed E-state index contributed by atoms with van der Waals surface area (Å²) in [5, 5.41) is 0.796. The minimum absolute atomic E-state index is 0.168. The van der Waals surface area contributed by atoms with Crippen LogP contribution in [0.15, 0.2) is 16.9 Å². The van der Waals surface area contributed by atoms with Crippen LogP contribution in [0.5, 0.6) is 11.5 Å². The Hall–Kier alpha value is -2.17. The van der Waals surface area contributed by atoms with Crippen LogP contribution in [0.1, 0.15) is 19.4 Å². The van der Waals surface area contributed by atoms with Crippen LogP contribution in [0.25, 0.3) is 10.9 Å². The molecule has 1 aromatic carbocycles. The molecule has 0 spiro atoms. The highest BCUT2D eigenvalue weighted by molar-refractivity contribution is 5.97. The van der Waals surface area contributed by atoms with Gasteiger partial charge in [0.05, 0.1) is 24.4 Å². The molecule has 0 aliphatic rings. The van der Waals surface area contributed by atoms with Gasteiger partial charge >= 0.3 is 0 Å². The number of rotatable bonds is 4. The number of hydrogen-bond acceptors (Lipinski definition) is 4. The Labute approximate surface area is 111 Å². The SMILES string of the molecule is CCOc1cc(N)c(OCC)c2c(C)cc(=O)[nH]c12. The Kier molecular flexibility index (Phi) is 3.64. The molecule has 3 N–H and O–H groups in total. The zero-order valence-corrected chi connectivity index (χ0v) is 11.4. The molecule has 0 aliphatic carbocycles. The summed E-state index contributed by atoms with van der Waals surface area (Å²) < 4.78 is 11.1. The molecule has 0 atom stereocenters. The van der Waals surface area contributed by atoms with Gasteiger partial charge in [0.15, 0.2) is 5.75 Å². The quantitative estimate of drug-likeness (QED) is 0.828. The van der Waals surface area contributed by atoms with E-state index in [0.717, 1.165) is 10.9 Å². The molecule has 5 nitrogen and oxygen atoms in total. The zero-order chi connectivity index (χ0) is 14.0. The second-order valence-electron chi connectivity index (χ2n) is 4.23. The molecule has 1 aromatic heterocycles. The predicted molar refractivity (Wildman–Crippen MR) is 76.1 cm³/mol. The average Bonchev–Trinajstić information content (AvgIpc) is 2.34. The highest BCUT2D eigenvalue weighted by Crippen LogP contribution is 2.38. The molecule has 102 valence electrons. The van der Waals surface area contributed by atoms with Crippen molar-refractivity contribution in [1.29, 1.82) is 0 Å². The van der Waals surface area contributed by atoms with Crippen LogP contribution >= 0.6 is 0 Å². The lowest BCUT2D eigenvalue weighted by molar-refractivity contribution is 0.337. The largest absolute Gasteiger partial charge is 0.492 e. The summed E-state index contributed by atoms with van der Waals surface area (Å²) in [5.41, 5.74) is 7.80. The number of ether oxygens (including phenoxy) is 2. The fourth-order valence-corrected chi connectivity index (χ4v) is 2.16. The second kappa shape index (κ2) is 5.22. The Bertz CT molecular complexity index is 662. The number of aryl methyl sites for hydroxylation is 1. The molecular formula is C14H18N2O3. The third-order valence-corrected chi connectivity index (χ3v) is 2.85. The van der Waals surface area contributed by atoms with Gasteiger partial charge in [0.25, 0.3) is 0 Å². The summed E-state index contributed by atoms with van der Waals surface area (Å²) in [6.45, 7) is 6.63. The molecule has 0 fully saturated rings. The van der Waals surface area contributed by atoms with Crippen molar-refractivity contribution in [2.45, 2.75) is 20.8 Å². The monoisotopic (exact) mass is 262 g/mol. The van der Waals surface area contributed by atoms with Gasteiger partial charge in [-0.3, -0.25) is 4.79 Å². The van der Waals surface area contributed by atoms with Gasteiger partial charge in [0.1, 0.15) is 5.75 Å². The second-order valence-corrected chi connectivity index (χ2v) is 4.23. The number of aromatic amines is 1. The number of nitrogen functional groups attached to an aromatic ring is 1. The van der Waals surface area contributed by atoms with Gasteiger partial charge in [-0.2, -0.15) is 0 Å². The van der Waals surface area contributed by atoms with E-state index < -0.39 is 0 Å². The highest BCUT2D eigenvalue weighted by Gasteiger charge is 2.15. The van der Waals surface area contributed by atoms with Crippen molar-refractivity contribution in [3.8, 4) is 11.5 Å². The molecule has 0 saturated heterocycles. The number of nitrogens with two attached hydrogens (primary N) is 1. The van der Waals surface area contributed by atoms with Gasteiger partial charge in [0.2, 0.25) is 5.56 Å². The Morgan fingerprint density at radius 2 is 1.89 bits per heavy atom. The van der Waals surface area contributed by atoms with Crippen molar-refractivity contribution in [2.24, 2.45) is 0 Å². The zero-order valence-electron chi connectivity index (χ0n) is 11.4. The van der Waals surface area contributed by atoms with Crippen LogP contribution in [0.4, 0.5) is 5.69 Å². The fraction of sp³-hybridized carbons (Fsp3) is 0.357. The normalized spacial score (nSPS) is 10.7. The Morgan fingerprint density at radius 3 is 2.53 bits per heavy atom. The molecule has 0 saturated carbocycles. The van der Waals surface area contributed by atoms with E-state index in [9.17, 15) is 4.79 Å². The number of nitrogens with one attached hydrogen (secondary N) is 1. The summed E-state index contributed by atoms with van der Waals surface area (Å²) >= 11 is 0. The van der Waals surface area contributed by atoms with Crippen molar-refractivity contribution in [2.75, 3.05) is 18.9 Å². The van der Waals surface area contributed by atoms with Gasteiger partial charge in [-0.25, -0.2) is 0 Å². The van der Waals surface area contributed by atoms with Gasteiger partial charge in [-0.1, -0.05) is 0 Å². The lowest BCUT2D eigenvalue weighted by atomic mass is 10.1. The molecule has 0 unspecified atom stereocenters. The minimum Gasteiger partial charge on any atom is -0.492 e. The number of anilines is 1. The molecule has 19 heavy (non-hydrogen) atoms. The molecule has 0 amide bonds. The van der Waals surface area contributed by atoms with E-state index in [1.54, 1.807) is 6.07 Å². The third kappa shape index (κ3) is 2.36. The smallest absolute Gasteiger partial charge is 0.248 e. The first-order chi connectivity index (χ1) is 9.08. The molecule has 5 heteroatoms. The maximum Gasteiger partial charge on any atom is 0.248 e. The number of fused-ring (bicyclic) bond motifs is 1. The first kappa shape index (κ1) is 13.3. The van der Waals surface area contributed by atoms with Crippen LogP contribution in [-0.4, -0.2) is 18.2 Å². The number of benzene rings is 1. The molecule has 2 rings (SSSR count). The molecule has 0 bridgehead atoms. The molecule has 1 heterocycles. The first-order valence-corrected chi connectivity index (χ1v) is 6.30. The Morgan fingerprint density at radius 1 is 1.21 bits per heavy atom. The van der Waals surface area contributed by atoms with Crippen molar-refractivity contribution >= 4 is 16.6 Å². The molecule has 0 radical (unpaired) electrons. The van der Waals surface area contributed by atoms with Crippen LogP contribution in [-0.2, 0) is 0 Å². The van der Waals surface area contributed by atoms with E-state index in [1.165, 1.54) is 6.07 Å². The fourth-order valence-electron chi connectivity index (χ4n) is 2.16. The number of hydrogen-bond donors (Lipinski definition) is 2. The summed E-state index contributed by atoms with van der Waals surface area (Å²) in [4.78, 5) is 14.4. The molecule has 2 aromatic rings. The van der Waals surface area contributed by atoms with E-state index in [4.69, 9.17) is 15.2 Å². The van der Waals surface area contributed by atoms with Crippen LogP contribution in [0.3, 0.4) is 0 Å². The maximum absolute atomic E-state index is 11.6. The van der Waals surface area contributed by atoms with E-state index >= 15 is 0 Å². The van der Waals surface area contributed by atoms with Gasteiger partial charge in [-0.05, 0) is 26.3 Å². The van der Waals surface area contributed by atoms with Crippen LogP contribution in [0, 0.1) is 6.92 Å². The van der Waals surface area contributed by atoms with Gasteiger partial charge in [0, 0.05) is 17.5 Å². The van der Waals surface area contributed by atoms with Crippen molar-refractivity contribution in [3.63, 3.8) is 0 Å². The molecular weight excluding hydrogens is 244 g/mol. The summed E-state index contributed by atoms with van der Waals surface area (Å²) in [7, 11) is 0. The van der Waals surface area contributed by atoms with Crippen molar-refractivity contribution in [3.05, 3.63) is 28.0 Å². The lowest BCUT2D eigenvalue weighted by Crippen LogP contribution is -2.09. The standard InChI is InChI=1S/C14H18N2O3/c1-4-18-10-7-9(15)14(19-5-2)12-8(3)6-11(17)16-13(10)12/h6-7H,4-5,15H2,1-3H3,(H,16,17). The van der Waals surface area contributed by atoms with Gasteiger partial charge in [-0.15, -0.1) is 0 Å². The van der Waals surface area contributed by atoms with Crippen LogP contribution < -0.4 is 20.8 Å². The minimum atomic E-state index is -0.168. The summed E-state index contributed by atoms with van der Waals surface area (Å²) in [6, 6.07) is 3.21. The predicted octanol–water partition coefficient (Wildman–Crippen LogP) is 2.22. The topological polar surface area (TPSA) is 77.3 Å². The lowest BCUT2D eigenvalue weighted by Gasteiger charge is -2.15. The summed E-state index contributed by atoms with van der Waals surface area (Å²) in [5.74, 6) is 1.16.